The van der Waals surface area contributed by atoms with E-state index in [1.165, 1.54) is 5.56 Å². The highest BCUT2D eigenvalue weighted by Gasteiger charge is 2.02. The second-order valence-electron chi connectivity index (χ2n) is 3.58. The van der Waals surface area contributed by atoms with Gasteiger partial charge in [-0.3, -0.25) is 0 Å². The Labute approximate surface area is 109 Å². The summed E-state index contributed by atoms with van der Waals surface area (Å²) in [5.41, 5.74) is 6.70. The predicted octanol–water partition coefficient (Wildman–Crippen LogP) is 3.14. The van der Waals surface area contributed by atoms with Crippen LogP contribution in [0.15, 0.2) is 47.1 Å². The van der Waals surface area contributed by atoms with Crippen LogP contribution in [-0.4, -0.2) is 11.5 Å². The second kappa shape index (κ2) is 5.80. The van der Waals surface area contributed by atoms with Crippen molar-refractivity contribution in [1.29, 1.82) is 0 Å². The standard InChI is InChI=1S/C13H13BrN2O/c14-12-2-1-9-16-13(12)17-11-5-3-10(4-6-11)7-8-15/h1-6,9H,7-8,15H2. The highest BCUT2D eigenvalue weighted by Crippen LogP contribution is 2.26. The van der Waals surface area contributed by atoms with Crippen molar-refractivity contribution in [3.63, 3.8) is 0 Å². The van der Waals surface area contributed by atoms with Crippen molar-refractivity contribution in [3.8, 4) is 11.6 Å². The maximum absolute atomic E-state index is 5.65. The molecule has 0 bridgehead atoms. The van der Waals surface area contributed by atoms with Crippen LogP contribution < -0.4 is 10.5 Å². The third-order valence-corrected chi connectivity index (χ3v) is 2.90. The van der Waals surface area contributed by atoms with E-state index in [0.717, 1.165) is 16.6 Å². The van der Waals surface area contributed by atoms with Gasteiger partial charge in [0.1, 0.15) is 5.75 Å². The SMILES string of the molecule is NCCc1ccc(Oc2ncccc2Br)cc1. The van der Waals surface area contributed by atoms with Gasteiger partial charge in [-0.1, -0.05) is 12.1 Å². The van der Waals surface area contributed by atoms with Crippen LogP contribution in [0.3, 0.4) is 0 Å². The summed E-state index contributed by atoms with van der Waals surface area (Å²) in [5, 5.41) is 0. The summed E-state index contributed by atoms with van der Waals surface area (Å²) in [7, 11) is 0. The number of nitrogens with two attached hydrogens (primary N) is 1. The molecular formula is C13H13BrN2O. The molecule has 1 heterocycles. The molecule has 0 saturated heterocycles. The van der Waals surface area contributed by atoms with Crippen LogP contribution in [0.1, 0.15) is 5.56 Å². The lowest BCUT2D eigenvalue weighted by Crippen LogP contribution is -2.02. The summed E-state index contributed by atoms with van der Waals surface area (Å²) >= 11 is 3.39. The number of rotatable bonds is 4. The minimum Gasteiger partial charge on any atom is -0.438 e. The maximum atomic E-state index is 5.65. The lowest BCUT2D eigenvalue weighted by atomic mass is 10.1. The van der Waals surface area contributed by atoms with Gasteiger partial charge in [-0.05, 0) is 58.7 Å². The third kappa shape index (κ3) is 3.28. The maximum Gasteiger partial charge on any atom is 0.233 e. The summed E-state index contributed by atoms with van der Waals surface area (Å²) in [6.07, 6.45) is 2.58. The topological polar surface area (TPSA) is 48.1 Å². The first-order valence-corrected chi connectivity index (χ1v) is 6.16. The van der Waals surface area contributed by atoms with Crippen LogP contribution in [0.25, 0.3) is 0 Å². The number of aromatic nitrogens is 1. The summed E-state index contributed by atoms with van der Waals surface area (Å²) in [6.45, 7) is 0.659. The normalized spacial score (nSPS) is 10.2. The first-order chi connectivity index (χ1) is 8.29. The van der Waals surface area contributed by atoms with Crippen molar-refractivity contribution in [2.24, 2.45) is 5.73 Å². The molecule has 0 saturated carbocycles. The number of nitrogens with zero attached hydrogens (tertiary/aromatic N) is 1. The van der Waals surface area contributed by atoms with Gasteiger partial charge in [0.2, 0.25) is 5.88 Å². The summed E-state index contributed by atoms with van der Waals surface area (Å²) in [5.74, 6) is 1.34. The highest BCUT2D eigenvalue weighted by molar-refractivity contribution is 9.10. The summed E-state index contributed by atoms with van der Waals surface area (Å²) < 4.78 is 6.49. The van der Waals surface area contributed by atoms with E-state index in [2.05, 4.69) is 20.9 Å². The molecule has 4 heteroatoms. The Bertz CT molecular complexity index is 485. The molecular weight excluding hydrogens is 280 g/mol. The number of halogens is 1. The molecule has 88 valence electrons. The van der Waals surface area contributed by atoms with Gasteiger partial charge in [-0.15, -0.1) is 0 Å². The van der Waals surface area contributed by atoms with Gasteiger partial charge < -0.3 is 10.5 Å². The minimum absolute atomic E-state index is 0.569. The Balaban J connectivity index is 2.11. The Morgan fingerprint density at radius 2 is 1.94 bits per heavy atom. The Hall–Kier alpha value is -1.39. The molecule has 0 amide bonds. The lowest BCUT2D eigenvalue weighted by molar-refractivity contribution is 0.459. The Morgan fingerprint density at radius 3 is 2.59 bits per heavy atom. The number of pyridine rings is 1. The molecule has 2 rings (SSSR count). The van der Waals surface area contributed by atoms with Crippen LogP contribution >= 0.6 is 15.9 Å². The van der Waals surface area contributed by atoms with Gasteiger partial charge in [0, 0.05) is 6.20 Å². The second-order valence-corrected chi connectivity index (χ2v) is 4.43. The molecule has 0 radical (unpaired) electrons. The fourth-order valence-electron chi connectivity index (χ4n) is 1.45. The van der Waals surface area contributed by atoms with Crippen LogP contribution in [0, 0.1) is 0 Å². The number of ether oxygens (including phenoxy) is 1. The molecule has 0 atom stereocenters. The number of hydrogen-bond donors (Lipinski definition) is 1. The number of benzene rings is 1. The average Bonchev–Trinajstić information content (AvgIpc) is 2.35. The lowest BCUT2D eigenvalue weighted by Gasteiger charge is -2.06. The van der Waals surface area contributed by atoms with Crippen LogP contribution in [0.4, 0.5) is 0 Å². The zero-order chi connectivity index (χ0) is 12.1. The van der Waals surface area contributed by atoms with Crippen LogP contribution in [0.2, 0.25) is 0 Å². The Morgan fingerprint density at radius 1 is 1.18 bits per heavy atom. The Kier molecular flexibility index (Phi) is 4.12. The van der Waals surface area contributed by atoms with Gasteiger partial charge in [0.25, 0.3) is 0 Å². The number of hydrogen-bond acceptors (Lipinski definition) is 3. The molecule has 1 aromatic heterocycles. The van der Waals surface area contributed by atoms with Crippen molar-refractivity contribution in [1.82, 2.24) is 4.98 Å². The zero-order valence-corrected chi connectivity index (χ0v) is 10.9. The fourth-order valence-corrected chi connectivity index (χ4v) is 1.78. The molecule has 2 aromatic rings. The molecule has 3 nitrogen and oxygen atoms in total. The first kappa shape index (κ1) is 12.1. The third-order valence-electron chi connectivity index (χ3n) is 2.30. The van der Waals surface area contributed by atoms with E-state index in [1.807, 2.05) is 36.4 Å². The zero-order valence-electron chi connectivity index (χ0n) is 9.27. The van der Waals surface area contributed by atoms with Crippen molar-refractivity contribution in [2.75, 3.05) is 6.54 Å². The summed E-state index contributed by atoms with van der Waals surface area (Å²) in [4.78, 5) is 4.14. The van der Waals surface area contributed by atoms with Crippen LogP contribution in [-0.2, 0) is 6.42 Å². The molecule has 17 heavy (non-hydrogen) atoms. The fraction of sp³-hybridized carbons (Fsp3) is 0.154. The van der Waals surface area contributed by atoms with Gasteiger partial charge in [-0.2, -0.15) is 0 Å². The molecule has 1 aromatic carbocycles. The van der Waals surface area contributed by atoms with Crippen molar-refractivity contribution >= 4 is 15.9 Å². The highest BCUT2D eigenvalue weighted by atomic mass is 79.9. The summed E-state index contributed by atoms with van der Waals surface area (Å²) in [6, 6.07) is 11.6. The smallest absolute Gasteiger partial charge is 0.233 e. The van der Waals surface area contributed by atoms with E-state index in [0.29, 0.717) is 12.4 Å². The molecule has 2 N–H and O–H groups in total. The van der Waals surface area contributed by atoms with Crippen molar-refractivity contribution in [2.45, 2.75) is 6.42 Å². The quantitative estimate of drug-likeness (QED) is 0.942. The van der Waals surface area contributed by atoms with E-state index in [1.54, 1.807) is 6.20 Å². The molecule has 0 spiro atoms. The van der Waals surface area contributed by atoms with E-state index in [9.17, 15) is 0 Å². The van der Waals surface area contributed by atoms with Crippen molar-refractivity contribution in [3.05, 3.63) is 52.6 Å². The molecule has 0 fully saturated rings. The van der Waals surface area contributed by atoms with E-state index in [4.69, 9.17) is 10.5 Å². The van der Waals surface area contributed by atoms with Gasteiger partial charge in [0.15, 0.2) is 0 Å². The van der Waals surface area contributed by atoms with E-state index in [-0.39, 0.29) is 0 Å². The monoisotopic (exact) mass is 292 g/mol. The van der Waals surface area contributed by atoms with E-state index >= 15 is 0 Å². The van der Waals surface area contributed by atoms with Crippen molar-refractivity contribution < 1.29 is 4.74 Å². The van der Waals surface area contributed by atoms with E-state index < -0.39 is 0 Å². The first-order valence-electron chi connectivity index (χ1n) is 5.37. The molecule has 0 aliphatic carbocycles. The van der Waals surface area contributed by atoms with Crippen LogP contribution in [0.5, 0.6) is 11.6 Å². The van der Waals surface area contributed by atoms with Gasteiger partial charge >= 0.3 is 0 Å². The average molecular weight is 293 g/mol. The predicted molar refractivity (Wildman–Crippen MR) is 71.2 cm³/mol. The molecule has 0 unspecified atom stereocenters. The minimum atomic E-state index is 0.569. The largest absolute Gasteiger partial charge is 0.438 e. The molecule has 0 aliphatic rings. The van der Waals surface area contributed by atoms with Gasteiger partial charge in [0.05, 0.1) is 4.47 Å². The van der Waals surface area contributed by atoms with Gasteiger partial charge in [-0.25, -0.2) is 4.98 Å². The molecule has 0 aliphatic heterocycles.